The predicted octanol–water partition coefficient (Wildman–Crippen LogP) is 2.43. The first kappa shape index (κ1) is 21.4. The zero-order chi connectivity index (χ0) is 20.8. The molecule has 2 aromatic rings. The Balaban J connectivity index is 1.61. The molecule has 3 rings (SSSR count). The third-order valence-electron chi connectivity index (χ3n) is 5.06. The number of aryl methyl sites for hydroxylation is 1. The summed E-state index contributed by atoms with van der Waals surface area (Å²) in [6, 6.07) is 3.80. The van der Waals surface area contributed by atoms with Gasteiger partial charge < -0.3 is 15.1 Å². The fraction of sp³-hybridized carbons (Fsp3) is 0.524. The summed E-state index contributed by atoms with van der Waals surface area (Å²) in [5.41, 5.74) is 1.64. The summed E-state index contributed by atoms with van der Waals surface area (Å²) in [5.74, 6) is -0.114. The Morgan fingerprint density at radius 3 is 2.93 bits per heavy atom. The van der Waals surface area contributed by atoms with E-state index < -0.39 is 0 Å². The molecule has 0 aliphatic carbocycles. The number of likely N-dealkylation sites (tertiary alicyclic amines) is 1. The summed E-state index contributed by atoms with van der Waals surface area (Å²) in [4.78, 5) is 38.9. The van der Waals surface area contributed by atoms with Crippen LogP contribution in [-0.4, -0.2) is 71.9 Å². The number of rotatable bonds is 7. The molecule has 7 nitrogen and oxygen atoms in total. The third-order valence-corrected chi connectivity index (χ3v) is 6.25. The monoisotopic (exact) mass is 415 g/mol. The lowest BCUT2D eigenvalue weighted by Crippen LogP contribution is -2.45. The normalized spacial score (nSPS) is 16.8. The van der Waals surface area contributed by atoms with Gasteiger partial charge >= 0.3 is 0 Å². The maximum Gasteiger partial charge on any atom is 0.265 e. The zero-order valence-corrected chi connectivity index (χ0v) is 18.2. The van der Waals surface area contributed by atoms with E-state index in [0.717, 1.165) is 42.1 Å². The maximum atomic E-state index is 13.1. The van der Waals surface area contributed by atoms with Crippen LogP contribution in [0, 0.1) is 12.8 Å². The highest BCUT2D eigenvalue weighted by molar-refractivity contribution is 7.17. The molecule has 2 amide bonds. The average molecular weight is 416 g/mol. The molecule has 1 fully saturated rings. The van der Waals surface area contributed by atoms with Gasteiger partial charge in [0.1, 0.15) is 9.88 Å². The standard InChI is InChI=1S/C21H29N5O2S/c1-15-18(29-20(24-15)16-7-4-9-22-13-16)21(28)26-12-5-8-17(14-26)19(27)23-10-6-11-25(2)3/h4,7,9,13,17H,5-6,8,10-12,14H2,1-3H3,(H,23,27). The summed E-state index contributed by atoms with van der Waals surface area (Å²) in [6.45, 7) is 4.63. The fourth-order valence-electron chi connectivity index (χ4n) is 3.48. The summed E-state index contributed by atoms with van der Waals surface area (Å²) >= 11 is 1.40. The second-order valence-corrected chi connectivity index (χ2v) is 8.71. The Labute approximate surface area is 176 Å². The molecule has 0 spiro atoms. The number of aromatic nitrogens is 2. The van der Waals surface area contributed by atoms with E-state index in [1.165, 1.54) is 11.3 Å². The van der Waals surface area contributed by atoms with Crippen LogP contribution in [0.4, 0.5) is 0 Å². The Bertz CT molecular complexity index is 837. The van der Waals surface area contributed by atoms with Gasteiger partial charge in [-0.05, 0) is 59.0 Å². The number of carbonyl (C=O) groups excluding carboxylic acids is 2. The van der Waals surface area contributed by atoms with Crippen molar-refractivity contribution in [1.29, 1.82) is 0 Å². The first-order valence-electron chi connectivity index (χ1n) is 10.0. The largest absolute Gasteiger partial charge is 0.356 e. The third kappa shape index (κ3) is 5.61. The van der Waals surface area contributed by atoms with Gasteiger partial charge in [0.15, 0.2) is 0 Å². The summed E-state index contributed by atoms with van der Waals surface area (Å²) in [6.07, 6.45) is 6.06. The van der Waals surface area contributed by atoms with Crippen LogP contribution < -0.4 is 5.32 Å². The Morgan fingerprint density at radius 2 is 2.21 bits per heavy atom. The number of nitrogens with zero attached hydrogens (tertiary/aromatic N) is 4. The lowest BCUT2D eigenvalue weighted by molar-refractivity contribution is -0.126. The highest BCUT2D eigenvalue weighted by Crippen LogP contribution is 2.29. The van der Waals surface area contributed by atoms with Crippen LogP contribution in [0.15, 0.2) is 24.5 Å². The molecule has 1 unspecified atom stereocenters. The number of piperidine rings is 1. The molecule has 29 heavy (non-hydrogen) atoms. The average Bonchev–Trinajstić information content (AvgIpc) is 3.12. The van der Waals surface area contributed by atoms with Crippen LogP contribution >= 0.6 is 11.3 Å². The molecule has 1 aliphatic heterocycles. The van der Waals surface area contributed by atoms with Gasteiger partial charge in [-0.3, -0.25) is 14.6 Å². The summed E-state index contributed by atoms with van der Waals surface area (Å²) in [7, 11) is 4.04. The van der Waals surface area contributed by atoms with Crippen molar-refractivity contribution in [2.75, 3.05) is 40.3 Å². The molecular formula is C21H29N5O2S. The van der Waals surface area contributed by atoms with E-state index in [0.29, 0.717) is 24.5 Å². The van der Waals surface area contributed by atoms with Gasteiger partial charge in [-0.1, -0.05) is 0 Å². The minimum atomic E-state index is -0.141. The van der Waals surface area contributed by atoms with E-state index in [1.54, 1.807) is 17.3 Å². The number of amides is 2. The molecule has 1 N–H and O–H groups in total. The summed E-state index contributed by atoms with van der Waals surface area (Å²) in [5, 5.41) is 3.82. The van der Waals surface area contributed by atoms with Crippen molar-refractivity contribution in [3.05, 3.63) is 35.1 Å². The molecule has 1 atom stereocenters. The quantitative estimate of drug-likeness (QED) is 0.703. The highest BCUT2D eigenvalue weighted by Gasteiger charge is 2.30. The van der Waals surface area contributed by atoms with Crippen LogP contribution in [0.1, 0.15) is 34.6 Å². The van der Waals surface area contributed by atoms with Gasteiger partial charge in [-0.15, -0.1) is 11.3 Å². The van der Waals surface area contributed by atoms with E-state index in [-0.39, 0.29) is 17.7 Å². The minimum absolute atomic E-state index is 0.0275. The predicted molar refractivity (Wildman–Crippen MR) is 115 cm³/mol. The molecule has 2 aromatic heterocycles. The van der Waals surface area contributed by atoms with Crippen molar-refractivity contribution >= 4 is 23.2 Å². The SMILES string of the molecule is Cc1nc(-c2cccnc2)sc1C(=O)N1CCCC(C(=O)NCCCN(C)C)C1. The van der Waals surface area contributed by atoms with Crippen LogP contribution in [0.3, 0.4) is 0 Å². The molecule has 0 radical (unpaired) electrons. The number of pyridine rings is 1. The van der Waals surface area contributed by atoms with E-state index in [1.807, 2.05) is 33.2 Å². The highest BCUT2D eigenvalue weighted by atomic mass is 32.1. The Morgan fingerprint density at radius 1 is 1.38 bits per heavy atom. The zero-order valence-electron chi connectivity index (χ0n) is 17.4. The molecule has 8 heteroatoms. The first-order chi connectivity index (χ1) is 14.0. The van der Waals surface area contributed by atoms with Crippen LogP contribution in [0.25, 0.3) is 10.6 Å². The number of thiazole rings is 1. The smallest absolute Gasteiger partial charge is 0.265 e. The van der Waals surface area contributed by atoms with E-state index >= 15 is 0 Å². The number of hydrogen-bond donors (Lipinski definition) is 1. The second kappa shape index (κ2) is 9.93. The molecule has 1 aliphatic rings. The molecule has 3 heterocycles. The molecule has 0 aromatic carbocycles. The second-order valence-electron chi connectivity index (χ2n) is 7.71. The molecule has 0 saturated carbocycles. The molecule has 1 saturated heterocycles. The van der Waals surface area contributed by atoms with E-state index in [4.69, 9.17) is 0 Å². The van der Waals surface area contributed by atoms with Crippen molar-refractivity contribution in [2.45, 2.75) is 26.2 Å². The van der Waals surface area contributed by atoms with Crippen molar-refractivity contribution in [3.63, 3.8) is 0 Å². The lowest BCUT2D eigenvalue weighted by atomic mass is 9.97. The van der Waals surface area contributed by atoms with Crippen molar-refractivity contribution < 1.29 is 9.59 Å². The molecule has 156 valence electrons. The van der Waals surface area contributed by atoms with E-state index in [9.17, 15) is 9.59 Å². The molecule has 0 bridgehead atoms. The van der Waals surface area contributed by atoms with E-state index in [2.05, 4.69) is 20.2 Å². The Hall–Kier alpha value is -2.32. The van der Waals surface area contributed by atoms with Crippen molar-refractivity contribution in [3.8, 4) is 10.6 Å². The number of nitrogens with one attached hydrogen (secondary N) is 1. The van der Waals surface area contributed by atoms with Crippen LogP contribution in [0.2, 0.25) is 0 Å². The van der Waals surface area contributed by atoms with Crippen molar-refractivity contribution in [1.82, 2.24) is 25.1 Å². The van der Waals surface area contributed by atoms with Gasteiger partial charge in [-0.2, -0.15) is 0 Å². The number of carbonyl (C=O) groups is 2. The van der Waals surface area contributed by atoms with Gasteiger partial charge in [0.05, 0.1) is 11.6 Å². The number of hydrogen-bond acceptors (Lipinski definition) is 6. The maximum absolute atomic E-state index is 13.1. The first-order valence-corrected chi connectivity index (χ1v) is 10.9. The van der Waals surface area contributed by atoms with Crippen LogP contribution in [-0.2, 0) is 4.79 Å². The minimum Gasteiger partial charge on any atom is -0.356 e. The van der Waals surface area contributed by atoms with Gasteiger partial charge in [0.25, 0.3) is 5.91 Å². The van der Waals surface area contributed by atoms with Gasteiger partial charge in [0.2, 0.25) is 5.91 Å². The fourth-order valence-corrected chi connectivity index (χ4v) is 4.50. The van der Waals surface area contributed by atoms with Gasteiger partial charge in [0, 0.05) is 37.6 Å². The lowest BCUT2D eigenvalue weighted by Gasteiger charge is -2.32. The van der Waals surface area contributed by atoms with Crippen LogP contribution in [0.5, 0.6) is 0 Å². The van der Waals surface area contributed by atoms with Gasteiger partial charge in [-0.25, -0.2) is 4.98 Å². The molecular weight excluding hydrogens is 386 g/mol. The topological polar surface area (TPSA) is 78.4 Å². The van der Waals surface area contributed by atoms with Crippen molar-refractivity contribution in [2.24, 2.45) is 5.92 Å². The summed E-state index contributed by atoms with van der Waals surface area (Å²) < 4.78 is 0. The Kier molecular flexibility index (Phi) is 7.33.